The average molecular weight is 230 g/mol. The molecule has 1 N–H and O–H groups in total. The van der Waals surface area contributed by atoms with E-state index in [1.165, 1.54) is 5.56 Å². The van der Waals surface area contributed by atoms with Crippen molar-refractivity contribution in [3.8, 4) is 0 Å². The van der Waals surface area contributed by atoms with Gasteiger partial charge >= 0.3 is 0 Å². The van der Waals surface area contributed by atoms with Crippen molar-refractivity contribution in [2.75, 3.05) is 11.9 Å². The molecular formula is C13H18N4. The van der Waals surface area contributed by atoms with Crippen molar-refractivity contribution in [2.45, 2.75) is 26.8 Å². The lowest BCUT2D eigenvalue weighted by Gasteiger charge is -2.05. The summed E-state index contributed by atoms with van der Waals surface area (Å²) in [7, 11) is 0. The summed E-state index contributed by atoms with van der Waals surface area (Å²) in [6, 6.07) is 4.10. The molecule has 2 aromatic heterocycles. The van der Waals surface area contributed by atoms with Gasteiger partial charge in [0.25, 0.3) is 0 Å². The molecule has 0 radical (unpaired) electrons. The third-order valence-electron chi connectivity index (χ3n) is 2.49. The summed E-state index contributed by atoms with van der Waals surface area (Å²) in [6.45, 7) is 5.92. The largest absolute Gasteiger partial charge is 0.370 e. The highest BCUT2D eigenvalue weighted by Gasteiger charge is 1.98. The van der Waals surface area contributed by atoms with Crippen LogP contribution >= 0.6 is 0 Å². The highest BCUT2D eigenvalue weighted by molar-refractivity contribution is 5.35. The van der Waals surface area contributed by atoms with Gasteiger partial charge in [-0.2, -0.15) is 5.10 Å². The van der Waals surface area contributed by atoms with Gasteiger partial charge in [0.15, 0.2) is 0 Å². The van der Waals surface area contributed by atoms with E-state index in [9.17, 15) is 0 Å². The van der Waals surface area contributed by atoms with Crippen molar-refractivity contribution in [1.29, 1.82) is 0 Å². The summed E-state index contributed by atoms with van der Waals surface area (Å²) in [4.78, 5) is 4.37. The minimum atomic E-state index is 0.773. The first-order valence-electron chi connectivity index (χ1n) is 5.96. The van der Waals surface area contributed by atoms with Crippen LogP contribution in [0.1, 0.15) is 24.5 Å². The van der Waals surface area contributed by atoms with Gasteiger partial charge in [-0.05, 0) is 30.5 Å². The predicted octanol–water partition coefficient (Wildman–Crippen LogP) is 2.46. The first-order chi connectivity index (χ1) is 8.28. The van der Waals surface area contributed by atoms with Gasteiger partial charge < -0.3 is 5.32 Å². The Kier molecular flexibility index (Phi) is 3.75. The van der Waals surface area contributed by atoms with E-state index in [2.05, 4.69) is 28.4 Å². The van der Waals surface area contributed by atoms with E-state index in [-0.39, 0.29) is 0 Å². The third kappa shape index (κ3) is 3.31. The van der Waals surface area contributed by atoms with Crippen LogP contribution in [0.5, 0.6) is 0 Å². The Morgan fingerprint density at radius 3 is 2.76 bits per heavy atom. The molecule has 0 spiro atoms. The van der Waals surface area contributed by atoms with E-state index in [4.69, 9.17) is 0 Å². The lowest BCUT2D eigenvalue weighted by Crippen LogP contribution is -2.04. The Labute approximate surface area is 102 Å². The average Bonchev–Trinajstić information content (AvgIpc) is 2.74. The summed E-state index contributed by atoms with van der Waals surface area (Å²) in [6.07, 6.45) is 6.90. The molecule has 2 aromatic rings. The zero-order chi connectivity index (χ0) is 12.1. The van der Waals surface area contributed by atoms with Crippen molar-refractivity contribution >= 4 is 5.82 Å². The number of hydrogen-bond donors (Lipinski definition) is 1. The topological polar surface area (TPSA) is 42.7 Å². The molecule has 4 heteroatoms. The number of hydrogen-bond acceptors (Lipinski definition) is 3. The smallest absolute Gasteiger partial charge is 0.125 e. The van der Waals surface area contributed by atoms with Crippen LogP contribution < -0.4 is 5.32 Å². The number of anilines is 1. The van der Waals surface area contributed by atoms with Crippen LogP contribution in [0.15, 0.2) is 30.7 Å². The minimum Gasteiger partial charge on any atom is -0.370 e. The number of nitrogens with one attached hydrogen (secondary N) is 1. The highest BCUT2D eigenvalue weighted by atomic mass is 15.3. The number of pyridine rings is 1. The Morgan fingerprint density at radius 1 is 1.29 bits per heavy atom. The predicted molar refractivity (Wildman–Crippen MR) is 69.1 cm³/mol. The summed E-state index contributed by atoms with van der Waals surface area (Å²) < 4.78 is 1.92. The highest BCUT2D eigenvalue weighted by Crippen LogP contribution is 2.07. The van der Waals surface area contributed by atoms with Crippen LogP contribution in [0.25, 0.3) is 0 Å². The van der Waals surface area contributed by atoms with Crippen LogP contribution in [0, 0.1) is 6.92 Å². The van der Waals surface area contributed by atoms with Crippen molar-refractivity contribution in [3.63, 3.8) is 0 Å². The van der Waals surface area contributed by atoms with Crippen LogP contribution in [0.2, 0.25) is 0 Å². The molecule has 0 aliphatic carbocycles. The maximum absolute atomic E-state index is 4.37. The number of rotatable bonds is 5. The number of nitrogens with zero attached hydrogens (tertiary/aromatic N) is 3. The molecule has 4 nitrogen and oxygen atoms in total. The SMILES string of the molecule is CCCNc1ccc(Cn2cc(C)cn2)cn1. The summed E-state index contributed by atoms with van der Waals surface area (Å²) in [5.41, 5.74) is 2.34. The second-order valence-corrected chi connectivity index (χ2v) is 4.19. The molecule has 0 fully saturated rings. The first-order valence-corrected chi connectivity index (χ1v) is 5.96. The van der Waals surface area contributed by atoms with Gasteiger partial charge in [0.05, 0.1) is 12.7 Å². The van der Waals surface area contributed by atoms with Crippen LogP contribution in [-0.4, -0.2) is 21.3 Å². The normalized spacial score (nSPS) is 10.5. The molecule has 0 aliphatic heterocycles. The van der Waals surface area contributed by atoms with E-state index in [1.807, 2.05) is 36.3 Å². The first kappa shape index (κ1) is 11.6. The molecule has 2 heterocycles. The van der Waals surface area contributed by atoms with E-state index in [1.54, 1.807) is 0 Å². The second-order valence-electron chi connectivity index (χ2n) is 4.19. The minimum absolute atomic E-state index is 0.773. The van der Waals surface area contributed by atoms with E-state index < -0.39 is 0 Å². The van der Waals surface area contributed by atoms with Gasteiger partial charge in [0, 0.05) is 18.9 Å². The molecule has 0 aliphatic rings. The standard InChI is InChI=1S/C13H18N4/c1-3-6-14-13-5-4-12(8-15-13)10-17-9-11(2)7-16-17/h4-5,7-9H,3,6,10H2,1-2H3,(H,14,15). The maximum Gasteiger partial charge on any atom is 0.125 e. The maximum atomic E-state index is 4.37. The van der Waals surface area contributed by atoms with Crippen LogP contribution in [0.4, 0.5) is 5.82 Å². The van der Waals surface area contributed by atoms with Gasteiger partial charge in [-0.15, -0.1) is 0 Å². The Hall–Kier alpha value is -1.84. The van der Waals surface area contributed by atoms with E-state index >= 15 is 0 Å². The van der Waals surface area contributed by atoms with Crippen molar-refractivity contribution in [3.05, 3.63) is 41.9 Å². The van der Waals surface area contributed by atoms with Gasteiger partial charge in [-0.25, -0.2) is 4.98 Å². The Bertz CT molecular complexity index is 459. The van der Waals surface area contributed by atoms with Gasteiger partial charge in [-0.3, -0.25) is 4.68 Å². The fourth-order valence-corrected chi connectivity index (χ4v) is 1.62. The summed E-state index contributed by atoms with van der Waals surface area (Å²) in [5.74, 6) is 0.937. The summed E-state index contributed by atoms with van der Waals surface area (Å²) in [5, 5.41) is 7.51. The lowest BCUT2D eigenvalue weighted by molar-refractivity contribution is 0.684. The molecule has 0 amide bonds. The van der Waals surface area contributed by atoms with Crippen molar-refractivity contribution in [2.24, 2.45) is 0 Å². The fourth-order valence-electron chi connectivity index (χ4n) is 1.62. The quantitative estimate of drug-likeness (QED) is 0.858. The Balaban J connectivity index is 1.98. The molecular weight excluding hydrogens is 212 g/mol. The molecule has 17 heavy (non-hydrogen) atoms. The molecule has 0 bridgehead atoms. The molecule has 0 atom stereocenters. The second kappa shape index (κ2) is 5.48. The summed E-state index contributed by atoms with van der Waals surface area (Å²) >= 11 is 0. The number of aromatic nitrogens is 3. The Morgan fingerprint density at radius 2 is 2.18 bits per heavy atom. The molecule has 2 rings (SSSR count). The zero-order valence-corrected chi connectivity index (χ0v) is 10.3. The molecule has 0 saturated carbocycles. The van der Waals surface area contributed by atoms with E-state index in [0.29, 0.717) is 0 Å². The third-order valence-corrected chi connectivity index (χ3v) is 2.49. The van der Waals surface area contributed by atoms with Gasteiger partial charge in [0.2, 0.25) is 0 Å². The zero-order valence-electron chi connectivity index (χ0n) is 10.3. The lowest BCUT2D eigenvalue weighted by atomic mass is 10.3. The molecule has 0 unspecified atom stereocenters. The monoisotopic (exact) mass is 230 g/mol. The molecule has 0 aromatic carbocycles. The van der Waals surface area contributed by atoms with Crippen LogP contribution in [-0.2, 0) is 6.54 Å². The van der Waals surface area contributed by atoms with Crippen molar-refractivity contribution < 1.29 is 0 Å². The molecule has 0 saturated heterocycles. The van der Waals surface area contributed by atoms with Crippen LogP contribution in [0.3, 0.4) is 0 Å². The van der Waals surface area contributed by atoms with Crippen molar-refractivity contribution in [1.82, 2.24) is 14.8 Å². The van der Waals surface area contributed by atoms with Gasteiger partial charge in [0.1, 0.15) is 5.82 Å². The number of aryl methyl sites for hydroxylation is 1. The molecule has 90 valence electrons. The van der Waals surface area contributed by atoms with Gasteiger partial charge in [-0.1, -0.05) is 13.0 Å². The van der Waals surface area contributed by atoms with E-state index in [0.717, 1.165) is 30.9 Å². The fraction of sp³-hybridized carbons (Fsp3) is 0.385.